The molecule has 1 atom stereocenters. The third-order valence-corrected chi connectivity index (χ3v) is 4.07. The molecule has 3 rings (SSSR count). The molecule has 0 spiro atoms. The van der Waals surface area contributed by atoms with Gasteiger partial charge in [0.05, 0.1) is 4.92 Å². The highest BCUT2D eigenvalue weighted by molar-refractivity contribution is 5.81. The summed E-state index contributed by atoms with van der Waals surface area (Å²) >= 11 is 0. The lowest BCUT2D eigenvalue weighted by molar-refractivity contribution is -0.384. The van der Waals surface area contributed by atoms with Crippen molar-refractivity contribution in [1.29, 1.82) is 0 Å². The topological polar surface area (TPSA) is 88.4 Å². The average molecular weight is 290 g/mol. The molecule has 7 heteroatoms. The first-order valence-corrected chi connectivity index (χ1v) is 7.27. The van der Waals surface area contributed by atoms with Crippen molar-refractivity contribution in [2.45, 2.75) is 19.3 Å². The van der Waals surface area contributed by atoms with Gasteiger partial charge in [-0.2, -0.15) is 0 Å². The fourth-order valence-corrected chi connectivity index (χ4v) is 2.71. The third-order valence-electron chi connectivity index (χ3n) is 4.07. The fraction of sp³-hybridized carbons (Fsp3) is 0.571. The molecule has 7 nitrogen and oxygen atoms in total. The minimum absolute atomic E-state index is 0.0126. The summed E-state index contributed by atoms with van der Waals surface area (Å²) in [6.45, 7) is 2.14. The standard InChI is InChI=1S/C14H18N4O3/c19-14(11-3-4-11)17-7-5-10(9-17)8-16-13-12(18(20)21)2-1-6-15-13/h1-2,6,10-11H,3-5,7-9H2,(H,15,16)/t10-/m0/s1. The molecule has 1 saturated carbocycles. The van der Waals surface area contributed by atoms with Crippen LogP contribution in [0, 0.1) is 22.0 Å². The summed E-state index contributed by atoms with van der Waals surface area (Å²) in [4.78, 5) is 28.4. The van der Waals surface area contributed by atoms with Crippen LogP contribution in [0.3, 0.4) is 0 Å². The largest absolute Gasteiger partial charge is 0.364 e. The number of aromatic nitrogens is 1. The van der Waals surface area contributed by atoms with E-state index in [0.29, 0.717) is 18.3 Å². The predicted molar refractivity (Wildman–Crippen MR) is 76.8 cm³/mol. The number of hydrogen-bond acceptors (Lipinski definition) is 5. The highest BCUT2D eigenvalue weighted by atomic mass is 16.6. The van der Waals surface area contributed by atoms with Gasteiger partial charge in [0.1, 0.15) is 0 Å². The maximum absolute atomic E-state index is 12.0. The first-order chi connectivity index (χ1) is 10.1. The van der Waals surface area contributed by atoms with E-state index in [1.165, 1.54) is 12.3 Å². The van der Waals surface area contributed by atoms with Crippen molar-refractivity contribution in [2.24, 2.45) is 11.8 Å². The van der Waals surface area contributed by atoms with Crippen molar-refractivity contribution in [3.63, 3.8) is 0 Å². The monoisotopic (exact) mass is 290 g/mol. The maximum Gasteiger partial charge on any atom is 0.311 e. The Bertz CT molecular complexity index is 559. The van der Waals surface area contributed by atoms with Crippen LogP contribution in [0.5, 0.6) is 0 Å². The molecule has 112 valence electrons. The second-order valence-corrected chi connectivity index (χ2v) is 5.72. The molecule has 1 N–H and O–H groups in total. The zero-order valence-electron chi connectivity index (χ0n) is 11.7. The maximum atomic E-state index is 12.0. The lowest BCUT2D eigenvalue weighted by Crippen LogP contribution is -2.30. The van der Waals surface area contributed by atoms with Gasteiger partial charge in [-0.05, 0) is 31.2 Å². The summed E-state index contributed by atoms with van der Waals surface area (Å²) in [6.07, 6.45) is 4.52. The number of carbonyl (C=O) groups excluding carboxylic acids is 1. The molecule has 2 aliphatic rings. The quantitative estimate of drug-likeness (QED) is 0.658. The Morgan fingerprint density at radius 3 is 3.00 bits per heavy atom. The van der Waals surface area contributed by atoms with E-state index in [1.54, 1.807) is 6.07 Å². The van der Waals surface area contributed by atoms with Crippen molar-refractivity contribution in [2.75, 3.05) is 25.0 Å². The van der Waals surface area contributed by atoms with E-state index in [4.69, 9.17) is 0 Å². The van der Waals surface area contributed by atoms with Gasteiger partial charge < -0.3 is 10.2 Å². The highest BCUT2D eigenvalue weighted by Gasteiger charge is 2.36. The number of amides is 1. The van der Waals surface area contributed by atoms with Crippen molar-refractivity contribution >= 4 is 17.4 Å². The fourth-order valence-electron chi connectivity index (χ4n) is 2.71. The number of rotatable bonds is 5. The zero-order chi connectivity index (χ0) is 14.8. The first kappa shape index (κ1) is 13.8. The van der Waals surface area contributed by atoms with Gasteiger partial charge in [0.25, 0.3) is 0 Å². The van der Waals surface area contributed by atoms with Crippen molar-refractivity contribution in [3.05, 3.63) is 28.4 Å². The Balaban J connectivity index is 1.54. The number of nitrogens with zero attached hydrogens (tertiary/aromatic N) is 3. The molecule has 0 bridgehead atoms. The van der Waals surface area contributed by atoms with Crippen LogP contribution in [0.15, 0.2) is 18.3 Å². The number of nitro groups is 1. The van der Waals surface area contributed by atoms with Crippen LogP contribution in [-0.2, 0) is 4.79 Å². The summed E-state index contributed by atoms with van der Waals surface area (Å²) in [5, 5.41) is 14.0. The van der Waals surface area contributed by atoms with Gasteiger partial charge in [-0.15, -0.1) is 0 Å². The normalized spacial score (nSPS) is 21.3. The van der Waals surface area contributed by atoms with Crippen molar-refractivity contribution in [3.8, 4) is 0 Å². The molecule has 1 aliphatic heterocycles. The van der Waals surface area contributed by atoms with E-state index in [-0.39, 0.29) is 17.5 Å². The molecule has 0 unspecified atom stereocenters. The van der Waals surface area contributed by atoms with Gasteiger partial charge in [-0.25, -0.2) is 4.98 Å². The Kier molecular flexibility index (Phi) is 3.72. The first-order valence-electron chi connectivity index (χ1n) is 7.27. The molecule has 1 aromatic rings. The van der Waals surface area contributed by atoms with E-state index >= 15 is 0 Å². The average Bonchev–Trinajstić information content (AvgIpc) is 3.23. The molecule has 1 amide bonds. The van der Waals surface area contributed by atoms with Crippen molar-refractivity contribution < 1.29 is 9.72 Å². The minimum atomic E-state index is -0.438. The Morgan fingerprint density at radius 1 is 1.48 bits per heavy atom. The summed E-state index contributed by atoms with van der Waals surface area (Å²) in [6, 6.07) is 2.99. The van der Waals surface area contributed by atoms with Crippen LogP contribution in [0.4, 0.5) is 11.5 Å². The van der Waals surface area contributed by atoms with E-state index in [0.717, 1.165) is 32.4 Å². The number of pyridine rings is 1. The Morgan fingerprint density at radius 2 is 2.29 bits per heavy atom. The molecule has 21 heavy (non-hydrogen) atoms. The van der Waals surface area contributed by atoms with Gasteiger partial charge >= 0.3 is 5.69 Å². The smallest absolute Gasteiger partial charge is 0.311 e. The van der Waals surface area contributed by atoms with Crippen LogP contribution in [0.25, 0.3) is 0 Å². The summed E-state index contributed by atoms with van der Waals surface area (Å²) in [7, 11) is 0. The molecule has 0 aromatic carbocycles. The minimum Gasteiger partial charge on any atom is -0.364 e. The number of nitrogens with one attached hydrogen (secondary N) is 1. The van der Waals surface area contributed by atoms with E-state index < -0.39 is 4.92 Å². The van der Waals surface area contributed by atoms with E-state index in [9.17, 15) is 14.9 Å². The molecule has 2 fully saturated rings. The Labute approximate surface area is 122 Å². The molecule has 1 aliphatic carbocycles. The molecule has 1 saturated heterocycles. The van der Waals surface area contributed by atoms with E-state index in [2.05, 4.69) is 10.3 Å². The second kappa shape index (κ2) is 5.67. The lowest BCUT2D eigenvalue weighted by Gasteiger charge is -2.16. The molecular formula is C14H18N4O3. The van der Waals surface area contributed by atoms with Gasteiger partial charge in [0, 0.05) is 37.8 Å². The number of anilines is 1. The van der Waals surface area contributed by atoms with Crippen molar-refractivity contribution in [1.82, 2.24) is 9.88 Å². The lowest BCUT2D eigenvalue weighted by atomic mass is 10.1. The number of carbonyl (C=O) groups is 1. The van der Waals surface area contributed by atoms with Gasteiger partial charge in [-0.1, -0.05) is 0 Å². The van der Waals surface area contributed by atoms with Crippen LogP contribution in [0.1, 0.15) is 19.3 Å². The molecular weight excluding hydrogens is 272 g/mol. The number of hydrogen-bond donors (Lipinski definition) is 1. The summed E-state index contributed by atoms with van der Waals surface area (Å²) in [5.74, 6) is 1.17. The summed E-state index contributed by atoms with van der Waals surface area (Å²) < 4.78 is 0. The van der Waals surface area contributed by atoms with Gasteiger partial charge in [0.15, 0.2) is 0 Å². The molecule has 0 radical (unpaired) electrons. The second-order valence-electron chi connectivity index (χ2n) is 5.72. The van der Waals surface area contributed by atoms with Gasteiger partial charge in [0.2, 0.25) is 11.7 Å². The Hall–Kier alpha value is -2.18. The van der Waals surface area contributed by atoms with Gasteiger partial charge in [-0.3, -0.25) is 14.9 Å². The predicted octanol–water partition coefficient (Wildman–Crippen LogP) is 1.66. The third kappa shape index (κ3) is 3.12. The van der Waals surface area contributed by atoms with Crippen LogP contribution in [0.2, 0.25) is 0 Å². The van der Waals surface area contributed by atoms with Crippen LogP contribution >= 0.6 is 0 Å². The summed E-state index contributed by atoms with van der Waals surface area (Å²) in [5.41, 5.74) is -0.0126. The van der Waals surface area contributed by atoms with Crippen LogP contribution < -0.4 is 5.32 Å². The molecule has 2 heterocycles. The number of likely N-dealkylation sites (tertiary alicyclic amines) is 1. The SMILES string of the molecule is O=C(C1CC1)N1CC[C@@H](CNc2ncccc2[N+](=O)[O-])C1. The highest BCUT2D eigenvalue weighted by Crippen LogP contribution is 2.33. The van der Waals surface area contributed by atoms with E-state index in [1.807, 2.05) is 4.90 Å². The molecule has 1 aromatic heterocycles. The zero-order valence-corrected chi connectivity index (χ0v) is 11.7. The van der Waals surface area contributed by atoms with Crippen LogP contribution in [-0.4, -0.2) is 40.3 Å².